The summed E-state index contributed by atoms with van der Waals surface area (Å²) in [5.41, 5.74) is 5.34. The Labute approximate surface area is 181 Å². The predicted octanol–water partition coefficient (Wildman–Crippen LogP) is 5.11. The molecular formula is C26H22FNO3. The highest BCUT2D eigenvalue weighted by Gasteiger charge is 2.28. The molecule has 0 spiro atoms. The van der Waals surface area contributed by atoms with E-state index in [0.29, 0.717) is 24.3 Å². The van der Waals surface area contributed by atoms with Crippen molar-refractivity contribution in [3.63, 3.8) is 0 Å². The van der Waals surface area contributed by atoms with Gasteiger partial charge < -0.3 is 14.8 Å². The number of ether oxygens (including phenoxy) is 2. The molecule has 1 amide bonds. The maximum absolute atomic E-state index is 13.2. The van der Waals surface area contributed by atoms with Gasteiger partial charge in [0.2, 0.25) is 0 Å². The number of halogens is 1. The Kier molecular flexibility index (Phi) is 6.18. The second-order valence-electron chi connectivity index (χ2n) is 7.15. The summed E-state index contributed by atoms with van der Waals surface area (Å²) < 4.78 is 23.8. The largest absolute Gasteiger partial charge is 0.495 e. The quantitative estimate of drug-likeness (QED) is 0.465. The monoisotopic (exact) mass is 415 g/mol. The van der Waals surface area contributed by atoms with Gasteiger partial charge in [-0.25, -0.2) is 9.18 Å². The molecule has 4 nitrogen and oxygen atoms in total. The zero-order chi connectivity index (χ0) is 21.6. The SMILES string of the molecule is COc1cc(F)ccc1C#CCCNC(=O)OCC1c2ccccc2-c2ccccc21. The molecule has 4 rings (SSSR count). The highest BCUT2D eigenvalue weighted by atomic mass is 19.1. The van der Waals surface area contributed by atoms with Crippen LogP contribution in [0.5, 0.6) is 5.75 Å². The van der Waals surface area contributed by atoms with Gasteiger partial charge in [0.15, 0.2) is 0 Å². The van der Waals surface area contributed by atoms with E-state index in [1.54, 1.807) is 6.07 Å². The number of nitrogens with one attached hydrogen (secondary N) is 1. The number of rotatable bonds is 5. The first-order valence-electron chi connectivity index (χ1n) is 10.1. The Morgan fingerprint density at radius 1 is 1.03 bits per heavy atom. The minimum Gasteiger partial charge on any atom is -0.495 e. The number of alkyl carbamates (subject to hydrolysis) is 1. The topological polar surface area (TPSA) is 47.6 Å². The fourth-order valence-electron chi connectivity index (χ4n) is 3.80. The molecular weight excluding hydrogens is 393 g/mol. The molecule has 0 atom stereocenters. The third kappa shape index (κ3) is 4.54. The summed E-state index contributed by atoms with van der Waals surface area (Å²) >= 11 is 0. The van der Waals surface area contributed by atoms with Gasteiger partial charge in [-0.3, -0.25) is 0 Å². The van der Waals surface area contributed by atoms with E-state index < -0.39 is 6.09 Å². The lowest BCUT2D eigenvalue weighted by Crippen LogP contribution is -2.26. The number of carbonyl (C=O) groups excluding carboxylic acids is 1. The van der Waals surface area contributed by atoms with Crippen molar-refractivity contribution in [3.05, 3.63) is 89.2 Å². The van der Waals surface area contributed by atoms with Crippen LogP contribution in [0.15, 0.2) is 66.7 Å². The normalized spacial score (nSPS) is 11.7. The Hall–Kier alpha value is -3.78. The van der Waals surface area contributed by atoms with Gasteiger partial charge in [0, 0.05) is 24.9 Å². The predicted molar refractivity (Wildman–Crippen MR) is 118 cm³/mol. The zero-order valence-corrected chi connectivity index (χ0v) is 17.2. The van der Waals surface area contributed by atoms with Gasteiger partial charge in [-0.1, -0.05) is 60.4 Å². The van der Waals surface area contributed by atoms with Gasteiger partial charge in [-0.05, 0) is 34.4 Å². The van der Waals surface area contributed by atoms with Crippen LogP contribution in [0.3, 0.4) is 0 Å². The van der Waals surface area contributed by atoms with Crippen molar-refractivity contribution in [2.75, 3.05) is 20.3 Å². The molecule has 1 aliphatic rings. The second kappa shape index (κ2) is 9.36. The minimum absolute atomic E-state index is 0.0314. The lowest BCUT2D eigenvalue weighted by atomic mass is 9.98. The van der Waals surface area contributed by atoms with Crippen LogP contribution in [0.25, 0.3) is 11.1 Å². The molecule has 0 aromatic heterocycles. The van der Waals surface area contributed by atoms with E-state index >= 15 is 0 Å². The number of carbonyl (C=O) groups is 1. The number of benzene rings is 3. The molecule has 1 aliphatic carbocycles. The Balaban J connectivity index is 1.29. The van der Waals surface area contributed by atoms with Gasteiger partial charge in [0.1, 0.15) is 18.2 Å². The van der Waals surface area contributed by atoms with Crippen molar-refractivity contribution in [2.24, 2.45) is 0 Å². The van der Waals surface area contributed by atoms with Crippen molar-refractivity contribution in [1.82, 2.24) is 5.32 Å². The molecule has 1 N–H and O–H groups in total. The summed E-state index contributed by atoms with van der Waals surface area (Å²) in [5, 5.41) is 2.72. The summed E-state index contributed by atoms with van der Waals surface area (Å²) in [6, 6.07) is 20.6. The molecule has 0 saturated heterocycles. The molecule has 156 valence electrons. The van der Waals surface area contributed by atoms with E-state index in [2.05, 4.69) is 41.4 Å². The van der Waals surface area contributed by atoms with Crippen LogP contribution in [0.1, 0.15) is 29.0 Å². The van der Waals surface area contributed by atoms with Gasteiger partial charge >= 0.3 is 6.09 Å². The lowest BCUT2D eigenvalue weighted by Gasteiger charge is -2.14. The average molecular weight is 415 g/mol. The van der Waals surface area contributed by atoms with Crippen LogP contribution >= 0.6 is 0 Å². The number of hydrogen-bond acceptors (Lipinski definition) is 3. The molecule has 0 radical (unpaired) electrons. The fraction of sp³-hybridized carbons (Fsp3) is 0.192. The van der Waals surface area contributed by atoms with Crippen LogP contribution in [0.2, 0.25) is 0 Å². The summed E-state index contributed by atoms with van der Waals surface area (Å²) in [6.45, 7) is 0.630. The van der Waals surface area contributed by atoms with Crippen LogP contribution in [-0.4, -0.2) is 26.4 Å². The summed E-state index contributed by atoms with van der Waals surface area (Å²) in [5.74, 6) is 5.92. The van der Waals surface area contributed by atoms with Crippen LogP contribution in [0, 0.1) is 17.7 Å². The van der Waals surface area contributed by atoms with Crippen molar-refractivity contribution in [3.8, 4) is 28.7 Å². The van der Waals surface area contributed by atoms with Crippen molar-refractivity contribution in [2.45, 2.75) is 12.3 Å². The van der Waals surface area contributed by atoms with Crippen molar-refractivity contribution < 1.29 is 18.7 Å². The van der Waals surface area contributed by atoms with E-state index in [4.69, 9.17) is 9.47 Å². The first kappa shape index (κ1) is 20.5. The molecule has 0 aliphatic heterocycles. The molecule has 0 fully saturated rings. The molecule has 5 heteroatoms. The third-order valence-electron chi connectivity index (χ3n) is 5.25. The number of methoxy groups -OCH3 is 1. The third-order valence-corrected chi connectivity index (χ3v) is 5.25. The van der Waals surface area contributed by atoms with Crippen LogP contribution < -0.4 is 10.1 Å². The van der Waals surface area contributed by atoms with Crippen LogP contribution in [-0.2, 0) is 4.74 Å². The second-order valence-corrected chi connectivity index (χ2v) is 7.15. The summed E-state index contributed by atoms with van der Waals surface area (Å²) in [4.78, 5) is 12.2. The Bertz CT molecular complexity index is 1120. The molecule has 3 aromatic rings. The number of amides is 1. The fourth-order valence-corrected chi connectivity index (χ4v) is 3.80. The highest BCUT2D eigenvalue weighted by Crippen LogP contribution is 2.44. The van der Waals surface area contributed by atoms with Crippen LogP contribution in [0.4, 0.5) is 9.18 Å². The lowest BCUT2D eigenvalue weighted by molar-refractivity contribution is 0.143. The number of fused-ring (bicyclic) bond motifs is 3. The smallest absolute Gasteiger partial charge is 0.407 e. The van der Waals surface area contributed by atoms with Crippen molar-refractivity contribution in [1.29, 1.82) is 0 Å². The van der Waals surface area contributed by atoms with Gasteiger partial charge in [-0.2, -0.15) is 0 Å². The standard InChI is InChI=1S/C26H22FNO3/c1-30-25-16-19(27)14-13-18(25)8-6-7-15-28-26(29)31-17-24-22-11-4-2-9-20(22)21-10-3-5-12-23(21)24/h2-5,9-14,16,24H,7,15,17H2,1H3,(H,28,29). The summed E-state index contributed by atoms with van der Waals surface area (Å²) in [6.07, 6.45) is -0.0342. The van der Waals surface area contributed by atoms with E-state index in [0.717, 1.165) is 0 Å². The molecule has 3 aromatic carbocycles. The Morgan fingerprint density at radius 3 is 2.39 bits per heavy atom. The molecule has 0 heterocycles. The minimum atomic E-state index is -0.469. The first-order valence-corrected chi connectivity index (χ1v) is 10.1. The van der Waals surface area contributed by atoms with Gasteiger partial charge in [-0.15, -0.1) is 0 Å². The van der Waals surface area contributed by atoms with Gasteiger partial charge in [0.25, 0.3) is 0 Å². The number of hydrogen-bond donors (Lipinski definition) is 1. The molecule has 0 bridgehead atoms. The zero-order valence-electron chi connectivity index (χ0n) is 17.2. The average Bonchev–Trinajstić information content (AvgIpc) is 3.12. The summed E-state index contributed by atoms with van der Waals surface area (Å²) in [7, 11) is 1.47. The molecule has 0 saturated carbocycles. The van der Waals surface area contributed by atoms with Crippen molar-refractivity contribution >= 4 is 6.09 Å². The Morgan fingerprint density at radius 2 is 1.71 bits per heavy atom. The van der Waals surface area contributed by atoms with E-state index in [9.17, 15) is 9.18 Å². The maximum Gasteiger partial charge on any atom is 0.407 e. The van der Waals surface area contributed by atoms with Gasteiger partial charge in [0.05, 0.1) is 12.7 Å². The first-order chi connectivity index (χ1) is 15.2. The molecule has 0 unspecified atom stereocenters. The van der Waals surface area contributed by atoms with E-state index in [-0.39, 0.29) is 18.3 Å². The van der Waals surface area contributed by atoms with E-state index in [1.807, 2.05) is 24.3 Å². The molecule has 31 heavy (non-hydrogen) atoms. The maximum atomic E-state index is 13.2. The van der Waals surface area contributed by atoms with E-state index in [1.165, 1.54) is 41.5 Å². The highest BCUT2D eigenvalue weighted by molar-refractivity contribution is 5.79.